The Morgan fingerprint density at radius 2 is 2.12 bits per heavy atom. The van der Waals surface area contributed by atoms with E-state index in [4.69, 9.17) is 16.0 Å². The summed E-state index contributed by atoms with van der Waals surface area (Å²) >= 11 is 8.03. The van der Waals surface area contributed by atoms with Crippen molar-refractivity contribution in [2.24, 2.45) is 0 Å². The Labute approximate surface area is 149 Å². The third-order valence-electron chi connectivity index (χ3n) is 4.11. The summed E-state index contributed by atoms with van der Waals surface area (Å²) < 4.78 is 6.51. The van der Waals surface area contributed by atoms with Crippen LogP contribution in [0.25, 0.3) is 16.2 Å². The van der Waals surface area contributed by atoms with Crippen molar-refractivity contribution in [3.05, 3.63) is 64.4 Å². The lowest BCUT2D eigenvalue weighted by molar-refractivity contribution is -0.127. The molecule has 5 heteroatoms. The summed E-state index contributed by atoms with van der Waals surface area (Å²) in [5.74, 6) is 0.811. The largest absolute Gasteiger partial charge is 0.467 e. The SMILES string of the molecule is O=C(/C=C/c1sc2ccccc2c1Cl)N(Cc1ccco1)C1CC1. The van der Waals surface area contributed by atoms with Gasteiger partial charge in [0.25, 0.3) is 0 Å². The molecule has 1 aliphatic carbocycles. The Morgan fingerprint density at radius 3 is 2.83 bits per heavy atom. The summed E-state index contributed by atoms with van der Waals surface area (Å²) in [5, 5.41) is 1.74. The summed E-state index contributed by atoms with van der Waals surface area (Å²) in [4.78, 5) is 15.4. The van der Waals surface area contributed by atoms with Crippen LogP contribution in [0.1, 0.15) is 23.5 Å². The van der Waals surface area contributed by atoms with Gasteiger partial charge in [0.15, 0.2) is 0 Å². The molecule has 0 unspecified atom stereocenters. The van der Waals surface area contributed by atoms with Crippen molar-refractivity contribution in [3.63, 3.8) is 0 Å². The van der Waals surface area contributed by atoms with Gasteiger partial charge in [0.2, 0.25) is 5.91 Å². The minimum absolute atomic E-state index is 0.00224. The second-order valence-electron chi connectivity index (χ2n) is 5.89. The fraction of sp³-hybridized carbons (Fsp3) is 0.211. The van der Waals surface area contributed by atoms with Gasteiger partial charge in [-0.05, 0) is 37.1 Å². The molecule has 1 fully saturated rings. The number of nitrogens with zero attached hydrogens (tertiary/aromatic N) is 1. The van der Waals surface area contributed by atoms with Gasteiger partial charge in [-0.3, -0.25) is 4.79 Å². The second kappa shape index (κ2) is 6.46. The maximum Gasteiger partial charge on any atom is 0.247 e. The summed E-state index contributed by atoms with van der Waals surface area (Å²) in [5.41, 5.74) is 0. The van der Waals surface area contributed by atoms with Crippen molar-refractivity contribution in [2.75, 3.05) is 0 Å². The van der Waals surface area contributed by atoms with Crippen LogP contribution in [0.3, 0.4) is 0 Å². The average molecular weight is 358 g/mol. The lowest BCUT2D eigenvalue weighted by Gasteiger charge is -2.19. The Bertz CT molecular complexity index is 893. The monoisotopic (exact) mass is 357 g/mol. The van der Waals surface area contributed by atoms with Crippen LogP contribution < -0.4 is 0 Å². The molecule has 0 bridgehead atoms. The molecule has 0 atom stereocenters. The van der Waals surface area contributed by atoms with Crippen LogP contribution in [-0.4, -0.2) is 16.8 Å². The molecule has 0 spiro atoms. The normalized spacial score (nSPS) is 14.5. The lowest BCUT2D eigenvalue weighted by Crippen LogP contribution is -2.30. The zero-order valence-corrected chi connectivity index (χ0v) is 14.5. The highest BCUT2D eigenvalue weighted by molar-refractivity contribution is 7.20. The number of furan rings is 1. The van der Waals surface area contributed by atoms with E-state index in [1.807, 2.05) is 47.4 Å². The highest BCUT2D eigenvalue weighted by atomic mass is 35.5. The van der Waals surface area contributed by atoms with Crippen LogP contribution in [0.2, 0.25) is 5.02 Å². The van der Waals surface area contributed by atoms with Crippen LogP contribution in [0.4, 0.5) is 0 Å². The van der Waals surface area contributed by atoms with Gasteiger partial charge < -0.3 is 9.32 Å². The van der Waals surface area contributed by atoms with E-state index in [2.05, 4.69) is 0 Å². The zero-order valence-electron chi connectivity index (χ0n) is 12.9. The number of amides is 1. The molecule has 0 radical (unpaired) electrons. The molecule has 1 aliphatic rings. The molecule has 2 aromatic heterocycles. The first-order valence-electron chi connectivity index (χ1n) is 7.90. The Morgan fingerprint density at radius 1 is 1.29 bits per heavy atom. The summed E-state index contributed by atoms with van der Waals surface area (Å²) in [6, 6.07) is 12.1. The number of fused-ring (bicyclic) bond motifs is 1. The Kier molecular flexibility index (Phi) is 4.17. The fourth-order valence-corrected chi connectivity index (χ4v) is 4.13. The molecule has 24 heavy (non-hydrogen) atoms. The van der Waals surface area contributed by atoms with Gasteiger partial charge in [-0.15, -0.1) is 11.3 Å². The predicted octanol–water partition coefficient (Wildman–Crippen LogP) is 5.35. The highest BCUT2D eigenvalue weighted by Crippen LogP contribution is 2.36. The molecule has 4 rings (SSSR count). The van der Waals surface area contributed by atoms with E-state index in [-0.39, 0.29) is 5.91 Å². The van der Waals surface area contributed by atoms with Crippen molar-refractivity contribution in [1.82, 2.24) is 4.90 Å². The van der Waals surface area contributed by atoms with Gasteiger partial charge in [-0.1, -0.05) is 29.8 Å². The van der Waals surface area contributed by atoms with Crippen molar-refractivity contribution in [3.8, 4) is 0 Å². The number of carbonyl (C=O) groups excluding carboxylic acids is 1. The van der Waals surface area contributed by atoms with E-state index < -0.39 is 0 Å². The Balaban J connectivity index is 1.54. The molecule has 0 saturated heterocycles. The van der Waals surface area contributed by atoms with E-state index in [1.165, 1.54) is 0 Å². The third-order valence-corrected chi connectivity index (χ3v) is 5.77. The van der Waals surface area contributed by atoms with Gasteiger partial charge in [0.05, 0.1) is 17.8 Å². The van der Waals surface area contributed by atoms with Gasteiger partial charge in [0, 0.05) is 27.1 Å². The van der Waals surface area contributed by atoms with E-state index in [0.29, 0.717) is 17.6 Å². The van der Waals surface area contributed by atoms with E-state index in [1.54, 1.807) is 23.7 Å². The quantitative estimate of drug-likeness (QED) is 0.576. The number of halogens is 1. The molecule has 3 nitrogen and oxygen atoms in total. The number of hydrogen-bond acceptors (Lipinski definition) is 3. The van der Waals surface area contributed by atoms with Crippen molar-refractivity contribution < 1.29 is 9.21 Å². The molecule has 1 amide bonds. The first kappa shape index (κ1) is 15.5. The maximum absolute atomic E-state index is 12.6. The van der Waals surface area contributed by atoms with Crippen LogP contribution in [0.5, 0.6) is 0 Å². The summed E-state index contributed by atoms with van der Waals surface area (Å²) in [6.07, 6.45) is 7.20. The van der Waals surface area contributed by atoms with Crippen molar-refractivity contribution in [2.45, 2.75) is 25.4 Å². The predicted molar refractivity (Wildman–Crippen MR) is 98.1 cm³/mol. The summed E-state index contributed by atoms with van der Waals surface area (Å²) in [7, 11) is 0. The van der Waals surface area contributed by atoms with Crippen molar-refractivity contribution >= 4 is 45.0 Å². The molecular formula is C19H16ClNO2S. The topological polar surface area (TPSA) is 33.5 Å². The minimum atomic E-state index is 0.00224. The Hall–Kier alpha value is -2.04. The molecular weight excluding hydrogens is 342 g/mol. The summed E-state index contributed by atoms with van der Waals surface area (Å²) in [6.45, 7) is 0.515. The van der Waals surface area contributed by atoms with Crippen LogP contribution >= 0.6 is 22.9 Å². The van der Waals surface area contributed by atoms with E-state index in [0.717, 1.165) is 33.6 Å². The molecule has 0 aliphatic heterocycles. The van der Waals surface area contributed by atoms with Gasteiger partial charge >= 0.3 is 0 Å². The first-order valence-corrected chi connectivity index (χ1v) is 9.10. The average Bonchev–Trinajstić information content (AvgIpc) is 3.21. The van der Waals surface area contributed by atoms with Crippen LogP contribution in [0, 0.1) is 0 Å². The van der Waals surface area contributed by atoms with Crippen LogP contribution in [0.15, 0.2) is 53.2 Å². The number of benzene rings is 1. The van der Waals surface area contributed by atoms with Gasteiger partial charge in [0.1, 0.15) is 5.76 Å². The maximum atomic E-state index is 12.6. The second-order valence-corrected chi connectivity index (χ2v) is 7.35. The van der Waals surface area contributed by atoms with Gasteiger partial charge in [-0.2, -0.15) is 0 Å². The van der Waals surface area contributed by atoms with E-state index in [9.17, 15) is 4.79 Å². The molecule has 3 aromatic rings. The zero-order chi connectivity index (χ0) is 16.5. The number of hydrogen-bond donors (Lipinski definition) is 0. The standard InChI is InChI=1S/C19H16ClNO2S/c20-19-15-5-1-2-6-16(15)24-17(19)9-10-18(22)21(13-7-8-13)12-14-4-3-11-23-14/h1-6,9-11,13H,7-8,12H2/b10-9+. The van der Waals surface area contributed by atoms with Crippen LogP contribution in [-0.2, 0) is 11.3 Å². The lowest BCUT2D eigenvalue weighted by atomic mass is 10.2. The van der Waals surface area contributed by atoms with Gasteiger partial charge in [-0.25, -0.2) is 0 Å². The fourth-order valence-electron chi connectivity index (χ4n) is 2.73. The number of carbonyl (C=O) groups is 1. The minimum Gasteiger partial charge on any atom is -0.467 e. The number of thiophene rings is 1. The van der Waals surface area contributed by atoms with E-state index >= 15 is 0 Å². The molecule has 0 N–H and O–H groups in total. The third kappa shape index (κ3) is 3.12. The van der Waals surface area contributed by atoms with Crippen molar-refractivity contribution in [1.29, 1.82) is 0 Å². The molecule has 2 heterocycles. The highest BCUT2D eigenvalue weighted by Gasteiger charge is 2.32. The molecule has 1 aromatic carbocycles. The molecule has 1 saturated carbocycles. The number of rotatable bonds is 5. The molecule has 122 valence electrons. The smallest absolute Gasteiger partial charge is 0.247 e. The first-order chi connectivity index (χ1) is 11.7.